The fraction of sp³-hybridized carbons (Fsp3) is 0.385. The van der Waals surface area contributed by atoms with Crippen LogP contribution in [0.5, 0.6) is 5.75 Å². The molecule has 0 saturated carbocycles. The Balaban J connectivity index is 1.81. The van der Waals surface area contributed by atoms with Gasteiger partial charge in [-0.05, 0) is 38.0 Å². The van der Waals surface area contributed by atoms with Gasteiger partial charge in [-0.25, -0.2) is 0 Å². The number of hydrogen-bond donors (Lipinski definition) is 2. The van der Waals surface area contributed by atoms with E-state index in [9.17, 15) is 5.11 Å². The van der Waals surface area contributed by atoms with Crippen molar-refractivity contribution in [3.63, 3.8) is 0 Å². The van der Waals surface area contributed by atoms with Gasteiger partial charge in [0.05, 0.1) is 6.54 Å². The van der Waals surface area contributed by atoms with Gasteiger partial charge in [-0.2, -0.15) is 4.98 Å². The Bertz CT molecular complexity index is 493. The number of aromatic nitrogens is 2. The fourth-order valence-corrected chi connectivity index (χ4v) is 1.73. The second-order valence-electron chi connectivity index (χ2n) is 4.39. The van der Waals surface area contributed by atoms with Gasteiger partial charge in [-0.3, -0.25) is 0 Å². The number of benzene rings is 1. The number of phenolic OH excluding ortho intramolecular Hbond substituents is 1. The summed E-state index contributed by atoms with van der Waals surface area (Å²) in [6.07, 6.45) is 0.882. The molecule has 0 fully saturated rings. The Hall–Kier alpha value is -1.88. The van der Waals surface area contributed by atoms with Crippen molar-refractivity contribution in [1.29, 1.82) is 0 Å². The molecular formula is C13H17N3O2. The first-order chi connectivity index (χ1) is 8.63. The lowest BCUT2D eigenvalue weighted by molar-refractivity contribution is 0.356. The lowest BCUT2D eigenvalue weighted by atomic mass is 10.1. The van der Waals surface area contributed by atoms with Crippen LogP contribution in [0.1, 0.15) is 24.2 Å². The zero-order chi connectivity index (χ0) is 13.0. The van der Waals surface area contributed by atoms with E-state index >= 15 is 0 Å². The zero-order valence-corrected chi connectivity index (χ0v) is 10.6. The number of nitrogens with one attached hydrogen (secondary N) is 1. The van der Waals surface area contributed by atoms with E-state index in [1.54, 1.807) is 19.1 Å². The highest BCUT2D eigenvalue weighted by atomic mass is 16.5. The summed E-state index contributed by atoms with van der Waals surface area (Å²) in [6.45, 7) is 4.46. The number of hydrogen-bond acceptors (Lipinski definition) is 5. The Labute approximate surface area is 106 Å². The van der Waals surface area contributed by atoms with Crippen LogP contribution in [0.2, 0.25) is 0 Å². The average Bonchev–Trinajstić information content (AvgIpc) is 2.76. The highest BCUT2D eigenvalue weighted by Crippen LogP contribution is 2.11. The normalized spacial score (nSPS) is 12.6. The summed E-state index contributed by atoms with van der Waals surface area (Å²) in [4.78, 5) is 4.13. The number of aryl methyl sites for hydroxylation is 1. The molecule has 5 nitrogen and oxygen atoms in total. The summed E-state index contributed by atoms with van der Waals surface area (Å²) in [5.74, 6) is 1.55. The van der Waals surface area contributed by atoms with E-state index in [4.69, 9.17) is 4.52 Å². The summed E-state index contributed by atoms with van der Waals surface area (Å²) in [5, 5.41) is 16.3. The molecule has 1 unspecified atom stereocenters. The van der Waals surface area contributed by atoms with E-state index in [0.29, 0.717) is 30.1 Å². The molecule has 0 amide bonds. The van der Waals surface area contributed by atoms with Crippen LogP contribution in [0.15, 0.2) is 28.8 Å². The Morgan fingerprint density at radius 3 is 2.67 bits per heavy atom. The maximum Gasteiger partial charge on any atom is 0.240 e. The molecule has 1 atom stereocenters. The van der Waals surface area contributed by atoms with E-state index in [0.717, 1.165) is 6.42 Å². The molecule has 0 spiro atoms. The molecule has 1 heterocycles. The summed E-state index contributed by atoms with van der Waals surface area (Å²) in [5.41, 5.74) is 1.18. The van der Waals surface area contributed by atoms with E-state index in [-0.39, 0.29) is 0 Å². The molecule has 2 rings (SSSR count). The topological polar surface area (TPSA) is 71.2 Å². The van der Waals surface area contributed by atoms with Crippen molar-refractivity contribution in [3.8, 4) is 5.75 Å². The molecule has 0 aliphatic rings. The van der Waals surface area contributed by atoms with Gasteiger partial charge in [0.2, 0.25) is 5.89 Å². The molecule has 0 bridgehead atoms. The minimum atomic E-state index is 0.292. The summed E-state index contributed by atoms with van der Waals surface area (Å²) in [6, 6.07) is 7.53. The van der Waals surface area contributed by atoms with E-state index < -0.39 is 0 Å². The van der Waals surface area contributed by atoms with Crippen molar-refractivity contribution in [2.75, 3.05) is 0 Å². The molecule has 2 aromatic rings. The molecule has 2 N–H and O–H groups in total. The first-order valence-corrected chi connectivity index (χ1v) is 5.94. The third kappa shape index (κ3) is 3.56. The molecule has 5 heteroatoms. The van der Waals surface area contributed by atoms with Crippen LogP contribution in [0.25, 0.3) is 0 Å². The summed E-state index contributed by atoms with van der Waals surface area (Å²) in [7, 11) is 0. The summed E-state index contributed by atoms with van der Waals surface area (Å²) >= 11 is 0. The predicted molar refractivity (Wildman–Crippen MR) is 67.1 cm³/mol. The standard InChI is InChI=1S/C13H17N3O2/c1-9(7-11-3-5-12(17)6-4-11)14-8-13-15-10(2)16-18-13/h3-6,9,14,17H,7-8H2,1-2H3. The maximum absolute atomic E-state index is 9.20. The number of aromatic hydroxyl groups is 1. The molecule has 18 heavy (non-hydrogen) atoms. The number of phenols is 1. The van der Waals surface area contributed by atoms with Crippen molar-refractivity contribution in [2.45, 2.75) is 32.9 Å². The lowest BCUT2D eigenvalue weighted by Gasteiger charge is -2.12. The second kappa shape index (κ2) is 5.64. The minimum absolute atomic E-state index is 0.292. The molecule has 0 aliphatic carbocycles. The van der Waals surface area contributed by atoms with Gasteiger partial charge in [0.25, 0.3) is 0 Å². The van der Waals surface area contributed by atoms with E-state index in [1.807, 2.05) is 12.1 Å². The van der Waals surface area contributed by atoms with Crippen LogP contribution in [-0.2, 0) is 13.0 Å². The number of nitrogens with zero attached hydrogens (tertiary/aromatic N) is 2. The van der Waals surface area contributed by atoms with Crippen LogP contribution >= 0.6 is 0 Å². The van der Waals surface area contributed by atoms with Gasteiger partial charge in [0.1, 0.15) is 5.75 Å². The highest BCUT2D eigenvalue weighted by Gasteiger charge is 2.06. The SMILES string of the molecule is Cc1noc(CNC(C)Cc2ccc(O)cc2)n1. The Kier molecular flexibility index (Phi) is 3.94. The lowest BCUT2D eigenvalue weighted by Crippen LogP contribution is -2.27. The molecule has 0 radical (unpaired) electrons. The molecular weight excluding hydrogens is 230 g/mol. The molecule has 0 saturated heterocycles. The van der Waals surface area contributed by atoms with Crippen molar-refractivity contribution >= 4 is 0 Å². The van der Waals surface area contributed by atoms with Crippen molar-refractivity contribution in [2.24, 2.45) is 0 Å². The van der Waals surface area contributed by atoms with E-state index in [1.165, 1.54) is 5.56 Å². The molecule has 1 aromatic heterocycles. The zero-order valence-electron chi connectivity index (χ0n) is 10.6. The van der Waals surface area contributed by atoms with Gasteiger partial charge >= 0.3 is 0 Å². The van der Waals surface area contributed by atoms with Crippen molar-refractivity contribution in [1.82, 2.24) is 15.5 Å². The van der Waals surface area contributed by atoms with Crippen LogP contribution in [0, 0.1) is 6.92 Å². The van der Waals surface area contributed by atoms with Gasteiger partial charge in [0, 0.05) is 6.04 Å². The quantitative estimate of drug-likeness (QED) is 0.843. The van der Waals surface area contributed by atoms with Crippen LogP contribution < -0.4 is 5.32 Å². The predicted octanol–water partition coefficient (Wildman–Crippen LogP) is 1.80. The van der Waals surface area contributed by atoms with Crippen LogP contribution in [-0.4, -0.2) is 21.3 Å². The maximum atomic E-state index is 9.20. The summed E-state index contributed by atoms with van der Waals surface area (Å²) < 4.78 is 5.02. The third-order valence-corrected chi connectivity index (χ3v) is 2.65. The third-order valence-electron chi connectivity index (χ3n) is 2.65. The fourth-order valence-electron chi connectivity index (χ4n) is 1.73. The van der Waals surface area contributed by atoms with Gasteiger partial charge in [0.15, 0.2) is 5.82 Å². The Morgan fingerprint density at radius 1 is 1.33 bits per heavy atom. The first-order valence-electron chi connectivity index (χ1n) is 5.94. The van der Waals surface area contributed by atoms with Crippen LogP contribution in [0.4, 0.5) is 0 Å². The number of rotatable bonds is 5. The average molecular weight is 247 g/mol. The monoisotopic (exact) mass is 247 g/mol. The Morgan fingerprint density at radius 2 is 2.06 bits per heavy atom. The minimum Gasteiger partial charge on any atom is -0.508 e. The van der Waals surface area contributed by atoms with Crippen molar-refractivity contribution in [3.05, 3.63) is 41.5 Å². The molecule has 0 aliphatic heterocycles. The highest BCUT2D eigenvalue weighted by molar-refractivity contribution is 5.26. The van der Waals surface area contributed by atoms with Gasteiger partial charge in [-0.15, -0.1) is 0 Å². The van der Waals surface area contributed by atoms with Crippen LogP contribution in [0.3, 0.4) is 0 Å². The second-order valence-corrected chi connectivity index (χ2v) is 4.39. The largest absolute Gasteiger partial charge is 0.508 e. The molecule has 96 valence electrons. The van der Waals surface area contributed by atoms with E-state index in [2.05, 4.69) is 22.4 Å². The van der Waals surface area contributed by atoms with Crippen molar-refractivity contribution < 1.29 is 9.63 Å². The smallest absolute Gasteiger partial charge is 0.240 e. The first kappa shape index (κ1) is 12.6. The van der Waals surface area contributed by atoms with Gasteiger partial charge in [-0.1, -0.05) is 17.3 Å². The van der Waals surface area contributed by atoms with Gasteiger partial charge < -0.3 is 14.9 Å². The molecule has 1 aromatic carbocycles.